The first-order valence-electron chi connectivity index (χ1n) is 10.2. The van der Waals surface area contributed by atoms with Crippen LogP contribution in [0.3, 0.4) is 0 Å². The molecule has 1 saturated heterocycles. The molecule has 0 radical (unpaired) electrons. The predicted octanol–water partition coefficient (Wildman–Crippen LogP) is 5.10. The average molecular weight is 346 g/mol. The summed E-state index contributed by atoms with van der Waals surface area (Å²) in [6.07, 6.45) is 11.4. The second-order valence-electron chi connectivity index (χ2n) is 7.16. The van der Waals surface area contributed by atoms with Crippen molar-refractivity contribution in [3.63, 3.8) is 0 Å². The van der Waals surface area contributed by atoms with Crippen LogP contribution < -0.4 is 0 Å². The second-order valence-corrected chi connectivity index (χ2v) is 7.16. The first-order valence-corrected chi connectivity index (χ1v) is 10.2. The van der Waals surface area contributed by atoms with Crippen molar-refractivity contribution in [2.75, 3.05) is 26.3 Å². The van der Waals surface area contributed by atoms with Gasteiger partial charge in [0.05, 0.1) is 19.3 Å². The fourth-order valence-electron chi connectivity index (χ4n) is 3.64. The molecule has 1 aromatic carbocycles. The minimum absolute atomic E-state index is 0.0198. The van der Waals surface area contributed by atoms with Gasteiger partial charge in [-0.2, -0.15) is 0 Å². The molecule has 0 aliphatic carbocycles. The summed E-state index contributed by atoms with van der Waals surface area (Å²) >= 11 is 0. The van der Waals surface area contributed by atoms with E-state index < -0.39 is 0 Å². The van der Waals surface area contributed by atoms with E-state index in [1.807, 2.05) is 30.3 Å². The number of nitrogens with zero attached hydrogens (tertiary/aromatic N) is 1. The monoisotopic (exact) mass is 345 g/mol. The van der Waals surface area contributed by atoms with Gasteiger partial charge in [-0.25, -0.2) is 0 Å². The van der Waals surface area contributed by atoms with Crippen LogP contribution in [0.5, 0.6) is 0 Å². The zero-order valence-corrected chi connectivity index (χ0v) is 15.9. The number of Topliss-reactive ketones (excluding diaryl/α,β-unsaturated/α-hetero) is 1. The second kappa shape index (κ2) is 12.2. The lowest BCUT2D eigenvalue weighted by Crippen LogP contribution is -2.47. The van der Waals surface area contributed by atoms with Crippen molar-refractivity contribution >= 4 is 5.78 Å². The number of benzene rings is 1. The van der Waals surface area contributed by atoms with E-state index in [0.29, 0.717) is 0 Å². The number of ether oxygens (including phenoxy) is 1. The summed E-state index contributed by atoms with van der Waals surface area (Å²) < 4.78 is 5.47. The van der Waals surface area contributed by atoms with E-state index >= 15 is 0 Å². The van der Waals surface area contributed by atoms with Crippen molar-refractivity contribution in [2.45, 2.75) is 70.8 Å². The normalized spacial score (nSPS) is 16.7. The summed E-state index contributed by atoms with van der Waals surface area (Å²) in [5, 5.41) is 0. The van der Waals surface area contributed by atoms with E-state index in [-0.39, 0.29) is 11.8 Å². The van der Waals surface area contributed by atoms with Gasteiger partial charge in [-0.05, 0) is 6.42 Å². The SMILES string of the molecule is CCCCCCCCCC[C@H](C(=O)c1ccccc1)N1CCOCC1. The topological polar surface area (TPSA) is 29.5 Å². The lowest BCUT2D eigenvalue weighted by Gasteiger charge is -2.33. The fourth-order valence-corrected chi connectivity index (χ4v) is 3.64. The summed E-state index contributed by atoms with van der Waals surface area (Å²) in [6, 6.07) is 9.80. The lowest BCUT2D eigenvalue weighted by molar-refractivity contribution is 0.0156. The van der Waals surface area contributed by atoms with Crippen molar-refractivity contribution in [3.05, 3.63) is 35.9 Å². The van der Waals surface area contributed by atoms with E-state index in [1.54, 1.807) is 0 Å². The molecule has 2 rings (SSSR count). The summed E-state index contributed by atoms with van der Waals surface area (Å²) in [5.74, 6) is 0.283. The average Bonchev–Trinajstić information content (AvgIpc) is 2.68. The van der Waals surface area contributed by atoms with Gasteiger partial charge in [0.25, 0.3) is 0 Å². The van der Waals surface area contributed by atoms with Gasteiger partial charge in [0.1, 0.15) is 0 Å². The molecule has 0 unspecified atom stereocenters. The van der Waals surface area contributed by atoms with E-state index in [1.165, 1.54) is 44.9 Å². The zero-order valence-electron chi connectivity index (χ0n) is 15.9. The number of ketones is 1. The van der Waals surface area contributed by atoms with Gasteiger partial charge in [0.15, 0.2) is 5.78 Å². The Labute approximate surface area is 153 Å². The first kappa shape index (κ1) is 20.1. The van der Waals surface area contributed by atoms with Crippen molar-refractivity contribution in [1.29, 1.82) is 0 Å². The smallest absolute Gasteiger partial charge is 0.179 e. The number of rotatable bonds is 12. The van der Waals surface area contributed by atoms with Crippen molar-refractivity contribution < 1.29 is 9.53 Å². The van der Waals surface area contributed by atoms with Gasteiger partial charge < -0.3 is 4.74 Å². The molecule has 1 aliphatic rings. The molecular formula is C22H35NO2. The molecule has 1 heterocycles. The van der Waals surface area contributed by atoms with Gasteiger partial charge in [0.2, 0.25) is 0 Å². The fraction of sp³-hybridized carbons (Fsp3) is 0.682. The van der Waals surface area contributed by atoms with Gasteiger partial charge >= 0.3 is 0 Å². The molecule has 1 atom stereocenters. The third-order valence-corrected chi connectivity index (χ3v) is 5.18. The highest BCUT2D eigenvalue weighted by Gasteiger charge is 2.27. The van der Waals surface area contributed by atoms with E-state index in [0.717, 1.165) is 44.7 Å². The molecule has 140 valence electrons. The molecule has 0 N–H and O–H groups in total. The maximum Gasteiger partial charge on any atom is 0.179 e. The van der Waals surface area contributed by atoms with Crippen LogP contribution in [0.4, 0.5) is 0 Å². The Balaban J connectivity index is 1.80. The summed E-state index contributed by atoms with van der Waals surface area (Å²) in [4.78, 5) is 15.3. The quantitative estimate of drug-likeness (QED) is 0.390. The van der Waals surface area contributed by atoms with E-state index in [9.17, 15) is 4.79 Å². The molecule has 0 aromatic heterocycles. The highest BCUT2D eigenvalue weighted by atomic mass is 16.5. The Kier molecular flexibility index (Phi) is 9.83. The summed E-state index contributed by atoms with van der Waals surface area (Å²) in [5.41, 5.74) is 0.846. The van der Waals surface area contributed by atoms with Gasteiger partial charge in [-0.3, -0.25) is 9.69 Å². The molecule has 1 fully saturated rings. The molecule has 0 spiro atoms. The van der Waals surface area contributed by atoms with Gasteiger partial charge in [-0.1, -0.05) is 88.6 Å². The Morgan fingerprint density at radius 2 is 1.56 bits per heavy atom. The van der Waals surface area contributed by atoms with Crippen LogP contribution in [-0.2, 0) is 4.74 Å². The van der Waals surface area contributed by atoms with Crippen LogP contribution >= 0.6 is 0 Å². The molecule has 0 bridgehead atoms. The Morgan fingerprint density at radius 3 is 2.20 bits per heavy atom. The summed E-state index contributed by atoms with van der Waals surface area (Å²) in [7, 11) is 0. The Morgan fingerprint density at radius 1 is 0.960 bits per heavy atom. The largest absolute Gasteiger partial charge is 0.379 e. The van der Waals surface area contributed by atoms with Gasteiger partial charge in [0, 0.05) is 18.7 Å². The Hall–Kier alpha value is -1.19. The van der Waals surface area contributed by atoms with Crippen molar-refractivity contribution in [3.8, 4) is 0 Å². The van der Waals surface area contributed by atoms with Gasteiger partial charge in [-0.15, -0.1) is 0 Å². The number of carbonyl (C=O) groups excluding carboxylic acids is 1. The molecule has 1 aromatic rings. The van der Waals surface area contributed by atoms with Crippen molar-refractivity contribution in [1.82, 2.24) is 4.90 Å². The van der Waals surface area contributed by atoms with Crippen LogP contribution in [0.15, 0.2) is 30.3 Å². The maximum absolute atomic E-state index is 13.0. The third kappa shape index (κ3) is 7.29. The number of carbonyl (C=O) groups is 1. The number of hydrogen-bond donors (Lipinski definition) is 0. The van der Waals surface area contributed by atoms with Crippen LogP contribution in [0.1, 0.15) is 75.1 Å². The lowest BCUT2D eigenvalue weighted by atomic mass is 9.96. The maximum atomic E-state index is 13.0. The molecule has 3 heteroatoms. The van der Waals surface area contributed by atoms with Crippen LogP contribution in [0.2, 0.25) is 0 Å². The minimum atomic E-state index is 0.0198. The third-order valence-electron chi connectivity index (χ3n) is 5.18. The standard InChI is InChI=1S/C22H35NO2/c1-2-3-4-5-6-7-8-12-15-21(23-16-18-25-19-17-23)22(24)20-13-10-9-11-14-20/h9-11,13-14,21H,2-8,12,15-19H2,1H3/t21-/m1/s1. The van der Waals surface area contributed by atoms with Crippen LogP contribution in [0, 0.1) is 0 Å². The molecule has 0 saturated carbocycles. The zero-order chi connectivity index (χ0) is 17.7. The van der Waals surface area contributed by atoms with Crippen LogP contribution in [0.25, 0.3) is 0 Å². The highest BCUT2D eigenvalue weighted by Crippen LogP contribution is 2.18. The van der Waals surface area contributed by atoms with E-state index in [4.69, 9.17) is 4.74 Å². The Bertz CT molecular complexity index is 468. The predicted molar refractivity (Wildman–Crippen MR) is 104 cm³/mol. The first-order chi connectivity index (χ1) is 12.3. The van der Waals surface area contributed by atoms with E-state index in [2.05, 4.69) is 11.8 Å². The molecule has 25 heavy (non-hydrogen) atoms. The molecule has 3 nitrogen and oxygen atoms in total. The minimum Gasteiger partial charge on any atom is -0.379 e. The number of morpholine rings is 1. The molecule has 1 aliphatic heterocycles. The number of hydrogen-bond acceptors (Lipinski definition) is 3. The summed E-state index contributed by atoms with van der Waals surface area (Å²) in [6.45, 7) is 5.50. The number of unbranched alkanes of at least 4 members (excludes halogenated alkanes) is 7. The van der Waals surface area contributed by atoms with Crippen molar-refractivity contribution in [2.24, 2.45) is 0 Å². The highest BCUT2D eigenvalue weighted by molar-refractivity contribution is 6.00. The van der Waals surface area contributed by atoms with Crippen LogP contribution in [-0.4, -0.2) is 43.0 Å². The molecule has 0 amide bonds. The molecular weight excluding hydrogens is 310 g/mol.